The summed E-state index contributed by atoms with van der Waals surface area (Å²) in [6, 6.07) is 6.86. The maximum atomic E-state index is 12.9. The molecule has 3 rings (SSSR count). The second-order valence-electron chi connectivity index (χ2n) is 6.94. The van der Waals surface area contributed by atoms with Gasteiger partial charge in [-0.25, -0.2) is 4.79 Å². The van der Waals surface area contributed by atoms with Crippen LogP contribution >= 0.6 is 11.6 Å². The van der Waals surface area contributed by atoms with Crippen molar-refractivity contribution in [3.63, 3.8) is 0 Å². The molecule has 0 fully saturated rings. The number of anilines is 1. The molecule has 1 aliphatic rings. The number of esters is 1. The van der Waals surface area contributed by atoms with E-state index in [2.05, 4.69) is 27.8 Å². The largest absolute Gasteiger partial charge is 0.462 e. The van der Waals surface area contributed by atoms with Gasteiger partial charge in [0.2, 0.25) is 5.95 Å². The molecule has 0 saturated heterocycles. The minimum absolute atomic E-state index is 0.371. The molecule has 150 valence electrons. The van der Waals surface area contributed by atoms with Crippen LogP contribution in [0.1, 0.15) is 64.0 Å². The summed E-state index contributed by atoms with van der Waals surface area (Å²) in [5.41, 5.74) is 1.89. The Kier molecular flexibility index (Phi) is 7.03. The van der Waals surface area contributed by atoms with E-state index in [-0.39, 0.29) is 5.97 Å². The fourth-order valence-corrected chi connectivity index (χ4v) is 3.63. The third kappa shape index (κ3) is 4.52. The third-order valence-electron chi connectivity index (χ3n) is 4.86. The fraction of sp³-hybridized carbons (Fsp3) is 0.500. The summed E-state index contributed by atoms with van der Waals surface area (Å²) in [6.07, 6.45) is 6.81. The number of nitrogens with one attached hydrogen (secondary N) is 1. The number of benzene rings is 1. The van der Waals surface area contributed by atoms with Crippen molar-refractivity contribution in [2.45, 2.75) is 58.4 Å². The zero-order valence-corrected chi connectivity index (χ0v) is 17.1. The van der Waals surface area contributed by atoms with Gasteiger partial charge < -0.3 is 10.1 Å². The van der Waals surface area contributed by atoms with E-state index in [0.29, 0.717) is 28.8 Å². The molecule has 0 amide bonds. The number of allylic oxidation sites excluding steroid dienone is 1. The zero-order valence-electron chi connectivity index (χ0n) is 16.3. The summed E-state index contributed by atoms with van der Waals surface area (Å²) >= 11 is 6.42. The highest BCUT2D eigenvalue weighted by Gasteiger charge is 2.35. The Bertz CT molecular complexity index is 849. The first-order valence-electron chi connectivity index (χ1n) is 9.80. The lowest BCUT2D eigenvalue weighted by Crippen LogP contribution is -2.30. The van der Waals surface area contributed by atoms with Gasteiger partial charge in [-0.3, -0.25) is 0 Å². The average Bonchev–Trinajstić information content (AvgIpc) is 3.14. The van der Waals surface area contributed by atoms with Crippen molar-refractivity contribution >= 4 is 23.5 Å². The smallest absolute Gasteiger partial charge is 0.338 e. The van der Waals surface area contributed by atoms with Gasteiger partial charge in [0, 0.05) is 16.3 Å². The molecule has 1 aromatic carbocycles. The predicted octanol–water partition coefficient (Wildman–Crippen LogP) is 4.52. The third-order valence-corrected chi connectivity index (χ3v) is 5.21. The number of hydrogen-bond acceptors (Lipinski definition) is 6. The lowest BCUT2D eigenvalue weighted by Gasteiger charge is -2.27. The molecule has 0 aliphatic carbocycles. The maximum Gasteiger partial charge on any atom is 0.338 e. The molecule has 0 radical (unpaired) electrons. The van der Waals surface area contributed by atoms with Gasteiger partial charge in [-0.05, 0) is 29.8 Å². The van der Waals surface area contributed by atoms with E-state index in [4.69, 9.17) is 16.3 Å². The van der Waals surface area contributed by atoms with Crippen LogP contribution in [0.15, 0.2) is 35.5 Å². The molecule has 1 aliphatic heterocycles. The van der Waals surface area contributed by atoms with Crippen LogP contribution in [0.2, 0.25) is 5.02 Å². The van der Waals surface area contributed by atoms with Crippen LogP contribution < -0.4 is 5.32 Å². The Hall–Kier alpha value is -2.41. The lowest BCUT2D eigenvalue weighted by atomic mass is 9.96. The highest BCUT2D eigenvalue weighted by atomic mass is 35.5. The standard InChI is InChI=1S/C20H26ClN5O2/c1-3-4-5-6-7-10-13-28-19(27)17-14(2)22-20-23-24-25-26(20)18(17)15-11-8-9-12-16(15)21/h8-9,11-12,18H,3-7,10,13H2,1-2H3,(H,22,23,25). The molecule has 2 heterocycles. The van der Waals surface area contributed by atoms with E-state index < -0.39 is 6.04 Å². The molecule has 1 atom stereocenters. The van der Waals surface area contributed by atoms with E-state index in [0.717, 1.165) is 18.4 Å². The Morgan fingerprint density at radius 2 is 1.96 bits per heavy atom. The van der Waals surface area contributed by atoms with Crippen molar-refractivity contribution < 1.29 is 9.53 Å². The molecular formula is C20H26ClN5O2. The van der Waals surface area contributed by atoms with Crippen molar-refractivity contribution in [3.8, 4) is 0 Å². The monoisotopic (exact) mass is 403 g/mol. The number of tetrazole rings is 1. The zero-order chi connectivity index (χ0) is 19.9. The maximum absolute atomic E-state index is 12.9. The van der Waals surface area contributed by atoms with Crippen molar-refractivity contribution in [2.24, 2.45) is 0 Å². The first-order chi connectivity index (χ1) is 13.6. The molecule has 1 N–H and O–H groups in total. The molecule has 1 aromatic heterocycles. The Labute approximate surface area is 170 Å². The minimum Gasteiger partial charge on any atom is -0.462 e. The number of rotatable bonds is 9. The van der Waals surface area contributed by atoms with Gasteiger partial charge in [0.05, 0.1) is 12.2 Å². The van der Waals surface area contributed by atoms with Gasteiger partial charge in [0.25, 0.3) is 0 Å². The number of carbonyl (C=O) groups is 1. The van der Waals surface area contributed by atoms with E-state index in [1.807, 2.05) is 25.1 Å². The summed E-state index contributed by atoms with van der Waals surface area (Å²) < 4.78 is 7.14. The Balaban J connectivity index is 1.74. The van der Waals surface area contributed by atoms with Gasteiger partial charge in [-0.1, -0.05) is 73.9 Å². The second kappa shape index (κ2) is 9.68. The number of unbranched alkanes of at least 4 members (excludes halogenated alkanes) is 5. The lowest BCUT2D eigenvalue weighted by molar-refractivity contribution is -0.139. The first-order valence-corrected chi connectivity index (χ1v) is 10.2. The van der Waals surface area contributed by atoms with Crippen LogP contribution in [0.25, 0.3) is 0 Å². The molecule has 28 heavy (non-hydrogen) atoms. The van der Waals surface area contributed by atoms with Gasteiger partial charge in [0.15, 0.2) is 0 Å². The summed E-state index contributed by atoms with van der Waals surface area (Å²) in [5.74, 6) is 0.0968. The molecular weight excluding hydrogens is 378 g/mol. The quantitative estimate of drug-likeness (QED) is 0.489. The highest BCUT2D eigenvalue weighted by Crippen LogP contribution is 2.37. The Morgan fingerprint density at radius 1 is 1.21 bits per heavy atom. The van der Waals surface area contributed by atoms with Gasteiger partial charge in [-0.2, -0.15) is 4.68 Å². The molecule has 8 heteroatoms. The van der Waals surface area contributed by atoms with E-state index in [9.17, 15) is 4.79 Å². The normalized spacial score (nSPS) is 15.9. The number of fused-ring (bicyclic) bond motifs is 1. The van der Waals surface area contributed by atoms with E-state index >= 15 is 0 Å². The van der Waals surface area contributed by atoms with Gasteiger partial charge >= 0.3 is 5.97 Å². The number of halogens is 1. The van der Waals surface area contributed by atoms with E-state index in [1.54, 1.807) is 10.7 Å². The summed E-state index contributed by atoms with van der Waals surface area (Å²) in [6.45, 7) is 4.42. The average molecular weight is 404 g/mol. The first kappa shape index (κ1) is 20.3. The van der Waals surface area contributed by atoms with Crippen LogP contribution in [0, 0.1) is 0 Å². The summed E-state index contributed by atoms with van der Waals surface area (Å²) in [4.78, 5) is 12.9. The van der Waals surface area contributed by atoms with Gasteiger partial charge in [-0.15, -0.1) is 0 Å². The minimum atomic E-state index is -0.531. The van der Waals surface area contributed by atoms with Crippen LogP contribution in [-0.2, 0) is 9.53 Å². The van der Waals surface area contributed by atoms with Crippen molar-refractivity contribution in [3.05, 3.63) is 46.1 Å². The number of carbonyl (C=O) groups excluding carboxylic acids is 1. The highest BCUT2D eigenvalue weighted by molar-refractivity contribution is 6.31. The number of hydrogen-bond donors (Lipinski definition) is 1. The molecule has 0 spiro atoms. The van der Waals surface area contributed by atoms with Crippen LogP contribution in [0.4, 0.5) is 5.95 Å². The molecule has 0 bridgehead atoms. The predicted molar refractivity (Wildman–Crippen MR) is 108 cm³/mol. The van der Waals surface area contributed by atoms with Crippen molar-refractivity contribution in [1.82, 2.24) is 20.2 Å². The summed E-state index contributed by atoms with van der Waals surface area (Å²) in [5, 5.41) is 15.4. The van der Waals surface area contributed by atoms with Crippen LogP contribution in [-0.4, -0.2) is 32.8 Å². The topological polar surface area (TPSA) is 81.9 Å². The SMILES string of the molecule is CCCCCCCCOC(=O)C1=C(C)Nc2nnnn2C1c1ccccc1Cl. The summed E-state index contributed by atoms with van der Waals surface area (Å²) in [7, 11) is 0. The molecule has 1 unspecified atom stereocenters. The molecule has 0 saturated carbocycles. The van der Waals surface area contributed by atoms with Crippen molar-refractivity contribution in [1.29, 1.82) is 0 Å². The molecule has 7 nitrogen and oxygen atoms in total. The number of ether oxygens (including phenoxy) is 1. The number of nitrogens with zero attached hydrogens (tertiary/aromatic N) is 4. The van der Waals surface area contributed by atoms with E-state index in [1.165, 1.54) is 25.7 Å². The Morgan fingerprint density at radius 3 is 2.75 bits per heavy atom. The molecule has 2 aromatic rings. The van der Waals surface area contributed by atoms with Crippen LogP contribution in [0.5, 0.6) is 0 Å². The van der Waals surface area contributed by atoms with Crippen molar-refractivity contribution in [2.75, 3.05) is 11.9 Å². The number of aromatic nitrogens is 4. The van der Waals surface area contributed by atoms with Crippen LogP contribution in [0.3, 0.4) is 0 Å². The fourth-order valence-electron chi connectivity index (χ4n) is 3.39. The van der Waals surface area contributed by atoms with Gasteiger partial charge in [0.1, 0.15) is 6.04 Å². The second-order valence-corrected chi connectivity index (χ2v) is 7.35.